The van der Waals surface area contributed by atoms with Crippen molar-refractivity contribution < 1.29 is 8.42 Å². The second-order valence-corrected chi connectivity index (χ2v) is 4.50. The van der Waals surface area contributed by atoms with E-state index in [0.29, 0.717) is 11.4 Å². The van der Waals surface area contributed by atoms with Gasteiger partial charge in [0.25, 0.3) is 10.2 Å². The lowest BCUT2D eigenvalue weighted by molar-refractivity contribution is 0.593. The van der Waals surface area contributed by atoms with Crippen molar-refractivity contribution in [3.63, 3.8) is 0 Å². The lowest BCUT2D eigenvalue weighted by Gasteiger charge is -2.09. The fraction of sp³-hybridized carbons (Fsp3) is 0.250. The monoisotopic (exact) mass is 215 g/mol. The molecular formula is C8H13N3O2S. The number of nitrogens with one attached hydrogen (secondary N) is 2. The maximum absolute atomic E-state index is 11.2. The van der Waals surface area contributed by atoms with Crippen LogP contribution in [0.5, 0.6) is 0 Å². The SMILES string of the molecule is CNS(=O)(=O)Nc1ccc(N)cc1C. The molecule has 0 heterocycles. The Labute approximate surface area is 83.5 Å². The van der Waals surface area contributed by atoms with Crippen LogP contribution in [0.3, 0.4) is 0 Å². The molecule has 78 valence electrons. The predicted molar refractivity (Wildman–Crippen MR) is 57.2 cm³/mol. The summed E-state index contributed by atoms with van der Waals surface area (Å²) in [6.07, 6.45) is 0. The standard InChI is InChI=1S/C8H13N3O2S/c1-6-5-7(9)3-4-8(6)11-14(12,13)10-2/h3-5,10-11H,9H2,1-2H3. The molecule has 6 heteroatoms. The van der Waals surface area contributed by atoms with Crippen molar-refractivity contribution in [3.8, 4) is 0 Å². The summed E-state index contributed by atoms with van der Waals surface area (Å²) >= 11 is 0. The van der Waals surface area contributed by atoms with E-state index in [1.165, 1.54) is 7.05 Å². The van der Waals surface area contributed by atoms with Crippen LogP contribution in [-0.2, 0) is 10.2 Å². The molecule has 0 radical (unpaired) electrons. The highest BCUT2D eigenvalue weighted by atomic mass is 32.2. The maximum atomic E-state index is 11.2. The van der Waals surface area contributed by atoms with Crippen molar-refractivity contribution in [1.82, 2.24) is 4.72 Å². The molecule has 4 N–H and O–H groups in total. The van der Waals surface area contributed by atoms with Gasteiger partial charge in [-0.3, -0.25) is 4.72 Å². The van der Waals surface area contributed by atoms with E-state index in [4.69, 9.17) is 5.73 Å². The van der Waals surface area contributed by atoms with Crippen LogP contribution in [0, 0.1) is 6.92 Å². The van der Waals surface area contributed by atoms with E-state index in [2.05, 4.69) is 9.44 Å². The summed E-state index contributed by atoms with van der Waals surface area (Å²) in [4.78, 5) is 0. The Balaban J connectivity index is 2.99. The van der Waals surface area contributed by atoms with Gasteiger partial charge in [-0.1, -0.05) is 0 Å². The van der Waals surface area contributed by atoms with E-state index >= 15 is 0 Å². The van der Waals surface area contributed by atoms with E-state index in [-0.39, 0.29) is 0 Å². The van der Waals surface area contributed by atoms with Crippen LogP contribution in [0.15, 0.2) is 18.2 Å². The van der Waals surface area contributed by atoms with Gasteiger partial charge in [-0.15, -0.1) is 0 Å². The van der Waals surface area contributed by atoms with Crippen LogP contribution in [0.4, 0.5) is 11.4 Å². The highest BCUT2D eigenvalue weighted by molar-refractivity contribution is 7.90. The van der Waals surface area contributed by atoms with Crippen LogP contribution < -0.4 is 15.2 Å². The lowest BCUT2D eigenvalue weighted by Crippen LogP contribution is -2.26. The summed E-state index contributed by atoms with van der Waals surface area (Å²) in [5.74, 6) is 0. The van der Waals surface area contributed by atoms with E-state index in [9.17, 15) is 8.42 Å². The zero-order chi connectivity index (χ0) is 10.8. The average Bonchev–Trinajstić information content (AvgIpc) is 2.10. The number of anilines is 2. The minimum Gasteiger partial charge on any atom is -0.399 e. The third-order valence-electron chi connectivity index (χ3n) is 1.76. The van der Waals surface area contributed by atoms with Crippen LogP contribution >= 0.6 is 0 Å². The second-order valence-electron chi connectivity index (χ2n) is 2.88. The Hall–Kier alpha value is -1.27. The molecule has 0 aliphatic heterocycles. The highest BCUT2D eigenvalue weighted by Gasteiger charge is 2.07. The number of nitrogens with two attached hydrogens (primary N) is 1. The predicted octanol–water partition coefficient (Wildman–Crippen LogP) is 0.453. The largest absolute Gasteiger partial charge is 0.399 e. The van der Waals surface area contributed by atoms with Gasteiger partial charge < -0.3 is 5.73 Å². The number of hydrogen-bond donors (Lipinski definition) is 3. The maximum Gasteiger partial charge on any atom is 0.298 e. The highest BCUT2D eigenvalue weighted by Crippen LogP contribution is 2.18. The summed E-state index contributed by atoms with van der Waals surface area (Å²) in [5, 5.41) is 0. The van der Waals surface area contributed by atoms with Gasteiger partial charge in [-0.2, -0.15) is 8.42 Å². The molecule has 0 aliphatic rings. The van der Waals surface area contributed by atoms with Crippen LogP contribution in [0.1, 0.15) is 5.56 Å². The number of hydrogen-bond acceptors (Lipinski definition) is 3. The summed E-state index contributed by atoms with van der Waals surface area (Å²) < 4.78 is 26.8. The molecule has 0 aromatic heterocycles. The molecule has 0 atom stereocenters. The van der Waals surface area contributed by atoms with Crippen molar-refractivity contribution in [2.24, 2.45) is 0 Å². The summed E-state index contributed by atoms with van der Waals surface area (Å²) in [6, 6.07) is 4.97. The first-order chi connectivity index (χ1) is 6.44. The fourth-order valence-electron chi connectivity index (χ4n) is 0.997. The summed E-state index contributed by atoms with van der Waals surface area (Å²) in [5.41, 5.74) is 7.44. The number of rotatable bonds is 3. The second kappa shape index (κ2) is 3.85. The lowest BCUT2D eigenvalue weighted by atomic mass is 10.2. The molecule has 0 bridgehead atoms. The molecule has 14 heavy (non-hydrogen) atoms. The minimum atomic E-state index is -3.45. The van der Waals surface area contributed by atoms with Gasteiger partial charge in [0.2, 0.25) is 0 Å². The first kappa shape index (κ1) is 10.8. The normalized spacial score (nSPS) is 11.3. The van der Waals surface area contributed by atoms with Gasteiger partial charge in [-0.05, 0) is 30.7 Å². The van der Waals surface area contributed by atoms with Gasteiger partial charge in [-0.25, -0.2) is 4.72 Å². The molecule has 0 aliphatic carbocycles. The van der Waals surface area contributed by atoms with Crippen molar-refractivity contribution in [3.05, 3.63) is 23.8 Å². The minimum absolute atomic E-state index is 0.522. The van der Waals surface area contributed by atoms with Gasteiger partial charge >= 0.3 is 0 Å². The fourth-order valence-corrected chi connectivity index (χ4v) is 1.62. The molecule has 0 unspecified atom stereocenters. The Kier molecular flexibility index (Phi) is 2.97. The van der Waals surface area contributed by atoms with Crippen LogP contribution in [0.25, 0.3) is 0 Å². The van der Waals surface area contributed by atoms with Gasteiger partial charge in [0.15, 0.2) is 0 Å². The van der Waals surface area contributed by atoms with E-state index in [1.54, 1.807) is 25.1 Å². The quantitative estimate of drug-likeness (QED) is 0.640. The van der Waals surface area contributed by atoms with Crippen molar-refractivity contribution in [1.29, 1.82) is 0 Å². The van der Waals surface area contributed by atoms with Gasteiger partial charge in [0.05, 0.1) is 5.69 Å². The van der Waals surface area contributed by atoms with Crippen molar-refractivity contribution >= 4 is 21.6 Å². The summed E-state index contributed by atoms with van der Waals surface area (Å²) in [7, 11) is -2.11. The van der Waals surface area contributed by atoms with E-state index < -0.39 is 10.2 Å². The molecule has 1 rings (SSSR count). The topological polar surface area (TPSA) is 84.2 Å². The molecule has 5 nitrogen and oxygen atoms in total. The number of nitrogen functional groups attached to an aromatic ring is 1. The molecular weight excluding hydrogens is 202 g/mol. The van der Waals surface area contributed by atoms with Crippen molar-refractivity contribution in [2.75, 3.05) is 17.5 Å². The van der Waals surface area contributed by atoms with E-state index in [1.807, 2.05) is 0 Å². The first-order valence-electron chi connectivity index (χ1n) is 4.02. The van der Waals surface area contributed by atoms with Crippen LogP contribution in [0.2, 0.25) is 0 Å². The van der Waals surface area contributed by atoms with Crippen LogP contribution in [-0.4, -0.2) is 15.5 Å². The third kappa shape index (κ3) is 2.61. The Morgan fingerprint density at radius 2 is 2.00 bits per heavy atom. The zero-order valence-electron chi connectivity index (χ0n) is 8.03. The molecule has 0 saturated carbocycles. The van der Waals surface area contributed by atoms with Gasteiger partial charge in [0, 0.05) is 12.7 Å². The zero-order valence-corrected chi connectivity index (χ0v) is 8.85. The Bertz CT molecular complexity index is 428. The smallest absolute Gasteiger partial charge is 0.298 e. The first-order valence-corrected chi connectivity index (χ1v) is 5.50. The molecule has 0 spiro atoms. The molecule has 0 saturated heterocycles. The third-order valence-corrected chi connectivity index (χ3v) is 2.79. The molecule has 0 fully saturated rings. The molecule has 1 aromatic rings. The molecule has 0 amide bonds. The summed E-state index contributed by atoms with van der Waals surface area (Å²) in [6.45, 7) is 1.78. The van der Waals surface area contributed by atoms with Gasteiger partial charge in [0.1, 0.15) is 0 Å². The Morgan fingerprint density at radius 3 is 2.50 bits per heavy atom. The molecule has 1 aromatic carbocycles. The average molecular weight is 215 g/mol. The number of benzene rings is 1. The van der Waals surface area contributed by atoms with Crippen molar-refractivity contribution in [2.45, 2.75) is 6.92 Å². The Morgan fingerprint density at radius 1 is 1.36 bits per heavy atom. The number of aryl methyl sites for hydroxylation is 1. The van der Waals surface area contributed by atoms with E-state index in [0.717, 1.165) is 5.56 Å².